The van der Waals surface area contributed by atoms with Crippen LogP contribution >= 0.6 is 0 Å². The molecule has 2 N–H and O–H groups in total. The quantitative estimate of drug-likeness (QED) is 0.635. The molecule has 82 valence electrons. The third-order valence-electron chi connectivity index (χ3n) is 3.27. The first-order valence-corrected chi connectivity index (χ1v) is 4.96. The number of rotatable bonds is 0. The van der Waals surface area contributed by atoms with Crippen LogP contribution in [-0.4, -0.2) is 29.0 Å². The third-order valence-corrected chi connectivity index (χ3v) is 3.27. The van der Waals surface area contributed by atoms with E-state index in [1.807, 2.05) is 0 Å². The summed E-state index contributed by atoms with van der Waals surface area (Å²) in [6.07, 6.45) is -2.40. The monoisotopic (exact) mass is 209 g/mol. The van der Waals surface area contributed by atoms with E-state index in [1.165, 1.54) is 0 Å². The minimum Gasteiger partial charge on any atom is -0.380 e. The molecule has 0 aromatic carbocycles. The molecule has 2 unspecified atom stereocenters. The predicted molar refractivity (Wildman–Crippen MR) is 44.8 cm³/mol. The highest BCUT2D eigenvalue weighted by atomic mass is 19.4. The molecule has 2 fully saturated rings. The van der Waals surface area contributed by atoms with Crippen LogP contribution in [0.4, 0.5) is 13.2 Å². The number of aliphatic hydroxyl groups is 1. The smallest absolute Gasteiger partial charge is 0.380 e. The van der Waals surface area contributed by atoms with E-state index in [4.69, 9.17) is 0 Å². The molecule has 5 heteroatoms. The summed E-state index contributed by atoms with van der Waals surface area (Å²) in [5.41, 5.74) is -2.45. The average Bonchev–Trinajstić information content (AvgIpc) is 2.00. The molecule has 0 aromatic rings. The van der Waals surface area contributed by atoms with Crippen LogP contribution in [0.2, 0.25) is 0 Å². The standard InChI is InChI=1S/C9H14F3NO/c10-9(11,12)8(14)4-6-2-1-3-7(5-8)13-6/h6-7,13-14H,1-5H2. The summed E-state index contributed by atoms with van der Waals surface area (Å²) in [6, 6.07) is -0.316. The Morgan fingerprint density at radius 3 is 2.07 bits per heavy atom. The van der Waals surface area contributed by atoms with Gasteiger partial charge in [0.1, 0.15) is 0 Å². The van der Waals surface area contributed by atoms with Crippen molar-refractivity contribution in [3.8, 4) is 0 Å². The molecule has 2 nitrogen and oxygen atoms in total. The molecule has 0 saturated carbocycles. The molecular formula is C9H14F3NO. The lowest BCUT2D eigenvalue weighted by molar-refractivity contribution is -0.276. The van der Waals surface area contributed by atoms with Gasteiger partial charge in [-0.25, -0.2) is 0 Å². The maximum absolute atomic E-state index is 12.6. The Morgan fingerprint density at radius 2 is 1.64 bits per heavy atom. The van der Waals surface area contributed by atoms with Crippen LogP contribution in [0.15, 0.2) is 0 Å². The Kier molecular flexibility index (Phi) is 2.27. The van der Waals surface area contributed by atoms with Crippen molar-refractivity contribution in [2.24, 2.45) is 0 Å². The molecule has 2 bridgehead atoms. The zero-order chi connectivity index (χ0) is 10.4. The van der Waals surface area contributed by atoms with Gasteiger partial charge in [-0.05, 0) is 12.8 Å². The third kappa shape index (κ3) is 1.63. The molecule has 0 amide bonds. The second-order valence-electron chi connectivity index (χ2n) is 4.43. The van der Waals surface area contributed by atoms with Crippen molar-refractivity contribution in [2.75, 3.05) is 0 Å². The first-order valence-electron chi connectivity index (χ1n) is 4.96. The predicted octanol–water partition coefficient (Wildman–Crippen LogP) is 1.58. The Balaban J connectivity index is 2.15. The van der Waals surface area contributed by atoms with Gasteiger partial charge >= 0.3 is 6.18 Å². The minimum absolute atomic E-state index is 0.158. The van der Waals surface area contributed by atoms with E-state index in [0.717, 1.165) is 19.3 Å². The largest absolute Gasteiger partial charge is 0.417 e. The second kappa shape index (κ2) is 3.10. The molecule has 2 rings (SSSR count). The van der Waals surface area contributed by atoms with Crippen molar-refractivity contribution < 1.29 is 18.3 Å². The van der Waals surface area contributed by atoms with Crippen LogP contribution in [0.3, 0.4) is 0 Å². The number of hydrogen-bond acceptors (Lipinski definition) is 2. The van der Waals surface area contributed by atoms with Crippen molar-refractivity contribution in [1.29, 1.82) is 0 Å². The number of fused-ring (bicyclic) bond motifs is 2. The van der Waals surface area contributed by atoms with Crippen molar-refractivity contribution in [1.82, 2.24) is 5.32 Å². The zero-order valence-electron chi connectivity index (χ0n) is 7.77. The Hall–Kier alpha value is -0.290. The van der Waals surface area contributed by atoms with Crippen molar-refractivity contribution in [3.05, 3.63) is 0 Å². The second-order valence-corrected chi connectivity index (χ2v) is 4.43. The van der Waals surface area contributed by atoms with Crippen LogP contribution in [0, 0.1) is 0 Å². The maximum Gasteiger partial charge on any atom is 0.417 e. The van der Waals surface area contributed by atoms with Gasteiger partial charge in [-0.15, -0.1) is 0 Å². The number of alkyl halides is 3. The van der Waals surface area contributed by atoms with Crippen molar-refractivity contribution in [3.63, 3.8) is 0 Å². The average molecular weight is 209 g/mol. The van der Waals surface area contributed by atoms with Crippen LogP contribution in [0.25, 0.3) is 0 Å². The van der Waals surface area contributed by atoms with Gasteiger partial charge in [-0.1, -0.05) is 6.42 Å². The van der Waals surface area contributed by atoms with Crippen LogP contribution < -0.4 is 5.32 Å². The maximum atomic E-state index is 12.6. The summed E-state index contributed by atoms with van der Waals surface area (Å²) < 4.78 is 37.7. The number of nitrogens with one attached hydrogen (secondary N) is 1. The highest BCUT2D eigenvalue weighted by molar-refractivity contribution is 5.01. The molecule has 2 aliphatic heterocycles. The molecule has 0 aromatic heterocycles. The molecule has 2 saturated heterocycles. The zero-order valence-corrected chi connectivity index (χ0v) is 7.77. The van der Waals surface area contributed by atoms with Gasteiger partial charge < -0.3 is 10.4 Å². The molecule has 0 radical (unpaired) electrons. The minimum atomic E-state index is -4.48. The lowest BCUT2D eigenvalue weighted by Crippen LogP contribution is -2.61. The van der Waals surface area contributed by atoms with E-state index < -0.39 is 11.8 Å². The molecule has 0 aliphatic carbocycles. The highest BCUT2D eigenvalue weighted by Gasteiger charge is 2.57. The van der Waals surface area contributed by atoms with Crippen molar-refractivity contribution >= 4 is 0 Å². The highest BCUT2D eigenvalue weighted by Crippen LogP contribution is 2.42. The van der Waals surface area contributed by atoms with Crippen molar-refractivity contribution in [2.45, 2.75) is 56.0 Å². The van der Waals surface area contributed by atoms with Gasteiger partial charge in [0.15, 0.2) is 5.60 Å². The van der Waals surface area contributed by atoms with Gasteiger partial charge in [-0.3, -0.25) is 0 Å². The van der Waals surface area contributed by atoms with E-state index in [1.54, 1.807) is 0 Å². The van der Waals surface area contributed by atoms with Gasteiger partial charge in [0, 0.05) is 24.9 Å². The lowest BCUT2D eigenvalue weighted by atomic mass is 9.77. The first kappa shape index (κ1) is 10.2. The van der Waals surface area contributed by atoms with E-state index in [-0.39, 0.29) is 24.9 Å². The Labute approximate surface area is 80.5 Å². The van der Waals surface area contributed by atoms with Crippen LogP contribution in [-0.2, 0) is 0 Å². The molecular weight excluding hydrogens is 195 g/mol. The number of hydrogen-bond donors (Lipinski definition) is 2. The molecule has 2 heterocycles. The number of halogens is 3. The fourth-order valence-electron chi connectivity index (χ4n) is 2.56. The molecule has 2 atom stereocenters. The van der Waals surface area contributed by atoms with Gasteiger partial charge in [0.05, 0.1) is 0 Å². The summed E-state index contributed by atoms with van der Waals surface area (Å²) in [6.45, 7) is 0. The summed E-state index contributed by atoms with van der Waals surface area (Å²) in [5, 5.41) is 12.7. The van der Waals surface area contributed by atoms with Gasteiger partial charge in [0.25, 0.3) is 0 Å². The fourth-order valence-corrected chi connectivity index (χ4v) is 2.56. The summed E-state index contributed by atoms with van der Waals surface area (Å²) in [5.74, 6) is 0. The normalized spacial score (nSPS) is 43.7. The van der Waals surface area contributed by atoms with E-state index in [2.05, 4.69) is 5.32 Å². The first-order chi connectivity index (χ1) is 6.41. The Morgan fingerprint density at radius 1 is 1.14 bits per heavy atom. The van der Waals surface area contributed by atoms with E-state index >= 15 is 0 Å². The van der Waals surface area contributed by atoms with Crippen LogP contribution in [0.1, 0.15) is 32.1 Å². The fraction of sp³-hybridized carbons (Fsp3) is 1.00. The van der Waals surface area contributed by atoms with Gasteiger partial charge in [-0.2, -0.15) is 13.2 Å². The summed E-state index contributed by atoms with van der Waals surface area (Å²) in [4.78, 5) is 0. The molecule has 2 aliphatic rings. The topological polar surface area (TPSA) is 32.3 Å². The van der Waals surface area contributed by atoms with Crippen LogP contribution in [0.5, 0.6) is 0 Å². The SMILES string of the molecule is OC1(C(F)(F)F)CC2CCCC(C1)N2. The van der Waals surface area contributed by atoms with E-state index in [0.29, 0.717) is 0 Å². The molecule has 0 spiro atoms. The summed E-state index contributed by atoms with van der Waals surface area (Å²) in [7, 11) is 0. The number of piperidine rings is 2. The molecule has 14 heavy (non-hydrogen) atoms. The van der Waals surface area contributed by atoms with Gasteiger partial charge in [0.2, 0.25) is 0 Å². The Bertz CT molecular complexity index is 217. The summed E-state index contributed by atoms with van der Waals surface area (Å²) >= 11 is 0. The lowest BCUT2D eigenvalue weighted by Gasteiger charge is -2.45. The van der Waals surface area contributed by atoms with E-state index in [9.17, 15) is 18.3 Å².